The summed E-state index contributed by atoms with van der Waals surface area (Å²) in [4.78, 5) is 32.7. The molecule has 1 N–H and O–H groups in total. The summed E-state index contributed by atoms with van der Waals surface area (Å²) in [6.45, 7) is 0. The number of amides is 1. The average Bonchev–Trinajstić information content (AvgIpc) is 3.41. The van der Waals surface area contributed by atoms with Crippen molar-refractivity contribution in [2.45, 2.75) is 6.04 Å². The fraction of sp³-hybridized carbons (Fsp3) is 0.115. The highest BCUT2D eigenvalue weighted by atomic mass is 79.9. The Labute approximate surface area is 213 Å². The van der Waals surface area contributed by atoms with E-state index in [9.17, 15) is 14.7 Å². The lowest BCUT2D eigenvalue weighted by molar-refractivity contribution is -0.132. The number of carbonyl (C=O) groups excluding carboxylic acids is 2. The molecule has 1 aliphatic heterocycles. The van der Waals surface area contributed by atoms with Crippen LogP contribution in [0.1, 0.15) is 17.2 Å². The molecule has 7 nitrogen and oxygen atoms in total. The first-order chi connectivity index (χ1) is 16.9. The predicted octanol–water partition coefficient (Wildman–Crippen LogP) is 5.70. The molecule has 1 amide bonds. The van der Waals surface area contributed by atoms with Crippen LogP contribution >= 0.6 is 27.3 Å². The van der Waals surface area contributed by atoms with E-state index in [-0.39, 0.29) is 11.3 Å². The summed E-state index contributed by atoms with van der Waals surface area (Å²) >= 11 is 4.70. The standard InChI is InChI=1S/C26H19BrN2O5S/c1-33-17-5-3-4-15(12-17)23(30)21-22(14-6-8-16(27)9-7-14)29(25(32)24(21)31)26-28-19-11-10-18(34-2)13-20(19)35-26/h3-13,22,30H,1-2H3. The van der Waals surface area contributed by atoms with Crippen molar-refractivity contribution in [1.29, 1.82) is 0 Å². The van der Waals surface area contributed by atoms with Crippen LogP contribution in [0.15, 0.2) is 76.8 Å². The highest BCUT2D eigenvalue weighted by molar-refractivity contribution is 9.10. The molecule has 1 fully saturated rings. The first-order valence-electron chi connectivity index (χ1n) is 10.6. The minimum atomic E-state index is -0.864. The third kappa shape index (κ3) is 4.06. The van der Waals surface area contributed by atoms with Crippen LogP contribution in [-0.4, -0.2) is 36.0 Å². The number of halogens is 1. The molecule has 2 heterocycles. The van der Waals surface area contributed by atoms with E-state index in [1.165, 1.54) is 23.3 Å². The number of aromatic nitrogens is 1. The van der Waals surface area contributed by atoms with Crippen molar-refractivity contribution >= 4 is 60.1 Å². The molecule has 9 heteroatoms. The molecule has 1 aliphatic rings. The van der Waals surface area contributed by atoms with Crippen LogP contribution in [-0.2, 0) is 9.59 Å². The molecule has 3 aromatic carbocycles. The number of benzene rings is 3. The average molecular weight is 551 g/mol. The van der Waals surface area contributed by atoms with Gasteiger partial charge in [-0.3, -0.25) is 14.5 Å². The summed E-state index contributed by atoms with van der Waals surface area (Å²) in [5.41, 5.74) is 1.70. The number of hydrogen-bond acceptors (Lipinski definition) is 7. The lowest BCUT2D eigenvalue weighted by atomic mass is 9.95. The molecule has 1 atom stereocenters. The Morgan fingerprint density at radius 2 is 1.71 bits per heavy atom. The number of aliphatic hydroxyl groups is 1. The second-order valence-corrected chi connectivity index (χ2v) is 9.71. The van der Waals surface area contributed by atoms with Gasteiger partial charge in [0.2, 0.25) is 0 Å². The summed E-state index contributed by atoms with van der Waals surface area (Å²) in [6.07, 6.45) is 0. The summed E-state index contributed by atoms with van der Waals surface area (Å²) in [6, 6.07) is 18.5. The van der Waals surface area contributed by atoms with E-state index in [0.29, 0.717) is 33.3 Å². The fourth-order valence-corrected chi connectivity index (χ4v) is 5.32. The quantitative estimate of drug-likeness (QED) is 0.195. The Morgan fingerprint density at radius 3 is 2.43 bits per heavy atom. The number of carbonyl (C=O) groups is 2. The largest absolute Gasteiger partial charge is 0.507 e. The number of ketones is 1. The molecule has 0 radical (unpaired) electrons. The molecule has 0 spiro atoms. The number of fused-ring (bicyclic) bond motifs is 1. The number of aliphatic hydroxyl groups excluding tert-OH is 1. The Balaban J connectivity index is 1.71. The molecule has 5 rings (SSSR count). The van der Waals surface area contributed by atoms with Gasteiger partial charge in [0.15, 0.2) is 5.13 Å². The number of nitrogens with zero attached hydrogens (tertiary/aromatic N) is 2. The maximum absolute atomic E-state index is 13.4. The van der Waals surface area contributed by atoms with Gasteiger partial charge in [0.25, 0.3) is 5.78 Å². The van der Waals surface area contributed by atoms with Gasteiger partial charge in [0.1, 0.15) is 17.3 Å². The summed E-state index contributed by atoms with van der Waals surface area (Å²) in [5.74, 6) is -0.635. The second kappa shape index (κ2) is 9.16. The highest BCUT2D eigenvalue weighted by Crippen LogP contribution is 2.45. The number of anilines is 1. The number of ether oxygens (including phenoxy) is 2. The van der Waals surface area contributed by atoms with Crippen LogP contribution in [0.2, 0.25) is 0 Å². The summed E-state index contributed by atoms with van der Waals surface area (Å²) in [7, 11) is 3.09. The van der Waals surface area contributed by atoms with Crippen molar-refractivity contribution in [1.82, 2.24) is 4.98 Å². The third-order valence-corrected chi connectivity index (χ3v) is 7.31. The van der Waals surface area contributed by atoms with Gasteiger partial charge in [-0.1, -0.05) is 51.5 Å². The molecule has 0 aliphatic carbocycles. The van der Waals surface area contributed by atoms with Gasteiger partial charge in [-0.25, -0.2) is 4.98 Å². The molecule has 0 bridgehead atoms. The van der Waals surface area contributed by atoms with Crippen LogP contribution in [0.25, 0.3) is 16.0 Å². The molecule has 1 unspecified atom stereocenters. The van der Waals surface area contributed by atoms with Crippen molar-refractivity contribution < 1.29 is 24.2 Å². The van der Waals surface area contributed by atoms with Gasteiger partial charge in [0, 0.05) is 10.0 Å². The van der Waals surface area contributed by atoms with Crippen molar-refractivity contribution in [2.24, 2.45) is 0 Å². The number of Topliss-reactive ketones (excluding diaryl/α,β-unsaturated/α-hetero) is 1. The number of rotatable bonds is 5. The minimum absolute atomic E-state index is 0.0117. The van der Waals surface area contributed by atoms with Gasteiger partial charge < -0.3 is 14.6 Å². The summed E-state index contributed by atoms with van der Waals surface area (Å²) < 4.78 is 12.2. The number of thiazole rings is 1. The SMILES string of the molecule is COc1cccc(C(O)=C2C(=O)C(=O)N(c3nc4ccc(OC)cc4s3)C2c2ccc(Br)cc2)c1. The van der Waals surface area contributed by atoms with E-state index in [2.05, 4.69) is 20.9 Å². The monoisotopic (exact) mass is 550 g/mol. The lowest BCUT2D eigenvalue weighted by Gasteiger charge is -2.23. The third-order valence-electron chi connectivity index (χ3n) is 5.76. The fourth-order valence-electron chi connectivity index (χ4n) is 4.04. The van der Waals surface area contributed by atoms with Gasteiger partial charge in [0.05, 0.1) is 36.1 Å². The van der Waals surface area contributed by atoms with Crippen LogP contribution in [0.4, 0.5) is 5.13 Å². The minimum Gasteiger partial charge on any atom is -0.507 e. The Morgan fingerprint density at radius 1 is 1.00 bits per heavy atom. The number of methoxy groups -OCH3 is 2. The van der Waals surface area contributed by atoms with Gasteiger partial charge in [-0.05, 0) is 48.0 Å². The molecule has 35 heavy (non-hydrogen) atoms. The lowest BCUT2D eigenvalue weighted by Crippen LogP contribution is -2.29. The van der Waals surface area contributed by atoms with Crippen LogP contribution in [0.3, 0.4) is 0 Å². The first-order valence-corrected chi connectivity index (χ1v) is 12.2. The van der Waals surface area contributed by atoms with Gasteiger partial charge in [-0.2, -0.15) is 0 Å². The molecular formula is C26H19BrN2O5S. The molecule has 4 aromatic rings. The van der Waals surface area contributed by atoms with Crippen LogP contribution in [0.5, 0.6) is 11.5 Å². The van der Waals surface area contributed by atoms with Gasteiger partial charge >= 0.3 is 5.91 Å². The zero-order valence-electron chi connectivity index (χ0n) is 18.7. The van der Waals surface area contributed by atoms with E-state index in [0.717, 1.165) is 9.17 Å². The summed E-state index contributed by atoms with van der Waals surface area (Å²) in [5, 5.41) is 11.6. The van der Waals surface area contributed by atoms with E-state index < -0.39 is 17.7 Å². The molecular weight excluding hydrogens is 532 g/mol. The predicted molar refractivity (Wildman–Crippen MR) is 138 cm³/mol. The Kier molecular flexibility index (Phi) is 6.04. The first kappa shape index (κ1) is 23.1. The van der Waals surface area contributed by atoms with E-state index in [1.54, 1.807) is 43.5 Å². The molecule has 0 saturated carbocycles. The van der Waals surface area contributed by atoms with Crippen molar-refractivity contribution in [3.63, 3.8) is 0 Å². The maximum atomic E-state index is 13.4. The van der Waals surface area contributed by atoms with E-state index in [1.807, 2.05) is 30.3 Å². The van der Waals surface area contributed by atoms with Crippen LogP contribution in [0, 0.1) is 0 Å². The number of hydrogen-bond donors (Lipinski definition) is 1. The molecule has 1 aromatic heterocycles. The van der Waals surface area contributed by atoms with Gasteiger partial charge in [-0.15, -0.1) is 0 Å². The van der Waals surface area contributed by atoms with Crippen molar-refractivity contribution in [2.75, 3.05) is 19.1 Å². The zero-order valence-corrected chi connectivity index (χ0v) is 21.1. The normalized spacial score (nSPS) is 17.2. The smallest absolute Gasteiger partial charge is 0.301 e. The molecule has 176 valence electrons. The van der Waals surface area contributed by atoms with Crippen LogP contribution < -0.4 is 14.4 Å². The molecule has 1 saturated heterocycles. The Bertz CT molecular complexity index is 1500. The second-order valence-electron chi connectivity index (χ2n) is 7.78. The van der Waals surface area contributed by atoms with E-state index >= 15 is 0 Å². The van der Waals surface area contributed by atoms with E-state index in [4.69, 9.17) is 9.47 Å². The Hall–Kier alpha value is -3.69. The topological polar surface area (TPSA) is 89.0 Å². The maximum Gasteiger partial charge on any atom is 0.301 e. The highest BCUT2D eigenvalue weighted by Gasteiger charge is 2.48. The zero-order chi connectivity index (χ0) is 24.7. The van der Waals surface area contributed by atoms with Crippen molar-refractivity contribution in [3.05, 3.63) is 87.9 Å². The van der Waals surface area contributed by atoms with Crippen molar-refractivity contribution in [3.8, 4) is 11.5 Å².